The number of carbonyl (C=O) groups is 1. The molecule has 0 bridgehead atoms. The molecule has 2 fully saturated rings. The highest BCUT2D eigenvalue weighted by Crippen LogP contribution is 2.41. The Kier molecular flexibility index (Phi) is 5.02. The van der Waals surface area contributed by atoms with E-state index >= 15 is 0 Å². The molecule has 0 spiro atoms. The zero-order valence-corrected chi connectivity index (χ0v) is 14.8. The monoisotopic (exact) mass is 353 g/mol. The van der Waals surface area contributed by atoms with Gasteiger partial charge >= 0.3 is 0 Å². The first kappa shape index (κ1) is 17.2. The molecule has 2 aliphatic rings. The Morgan fingerprint density at radius 2 is 1.77 bits per heavy atom. The maximum absolute atomic E-state index is 13.5. The molecule has 1 saturated heterocycles. The number of likely N-dealkylation sites (tertiary alicyclic amines) is 1. The van der Waals surface area contributed by atoms with Crippen LogP contribution in [0, 0.1) is 11.7 Å². The summed E-state index contributed by atoms with van der Waals surface area (Å²) in [5.41, 5.74) is 1.98. The lowest BCUT2D eigenvalue weighted by Crippen LogP contribution is -2.35. The van der Waals surface area contributed by atoms with Gasteiger partial charge in [-0.3, -0.25) is 4.79 Å². The second-order valence-corrected chi connectivity index (χ2v) is 7.30. The highest BCUT2D eigenvalue weighted by molar-refractivity contribution is 5.78. The highest BCUT2D eigenvalue weighted by Gasteiger charge is 2.37. The molecule has 136 valence electrons. The summed E-state index contributed by atoms with van der Waals surface area (Å²) in [5.74, 6) is 0.521. The van der Waals surface area contributed by atoms with E-state index in [1.807, 2.05) is 35.2 Å². The number of amides is 1. The van der Waals surface area contributed by atoms with Crippen molar-refractivity contribution in [1.29, 1.82) is 0 Å². The van der Waals surface area contributed by atoms with Crippen molar-refractivity contribution in [2.24, 2.45) is 5.92 Å². The van der Waals surface area contributed by atoms with Crippen molar-refractivity contribution in [3.05, 3.63) is 71.5 Å². The number of benzene rings is 2. The number of carbonyl (C=O) groups excluding carboxylic acids is 1. The van der Waals surface area contributed by atoms with E-state index in [4.69, 9.17) is 4.74 Å². The summed E-state index contributed by atoms with van der Waals surface area (Å²) in [6.07, 6.45) is 3.58. The first-order valence-electron chi connectivity index (χ1n) is 9.44. The Morgan fingerprint density at radius 3 is 2.38 bits per heavy atom. The van der Waals surface area contributed by atoms with Gasteiger partial charge in [-0.05, 0) is 48.4 Å². The van der Waals surface area contributed by atoms with Gasteiger partial charge in [0.2, 0.25) is 5.91 Å². The van der Waals surface area contributed by atoms with Crippen LogP contribution in [0.25, 0.3) is 0 Å². The van der Waals surface area contributed by atoms with Crippen LogP contribution in [0.1, 0.15) is 49.0 Å². The number of ether oxygens (including phenoxy) is 1. The van der Waals surface area contributed by atoms with Crippen molar-refractivity contribution in [3.8, 4) is 0 Å². The summed E-state index contributed by atoms with van der Waals surface area (Å²) >= 11 is 0. The van der Waals surface area contributed by atoms with E-state index in [1.165, 1.54) is 25.0 Å². The predicted molar refractivity (Wildman–Crippen MR) is 97.9 cm³/mol. The van der Waals surface area contributed by atoms with E-state index in [0.29, 0.717) is 18.9 Å². The number of nitrogens with zero attached hydrogens (tertiary/aromatic N) is 1. The summed E-state index contributed by atoms with van der Waals surface area (Å²) in [5, 5.41) is 0. The van der Waals surface area contributed by atoms with Crippen LogP contribution in [0.3, 0.4) is 0 Å². The van der Waals surface area contributed by atoms with Gasteiger partial charge in [-0.25, -0.2) is 4.39 Å². The van der Waals surface area contributed by atoms with Crippen LogP contribution in [0.4, 0.5) is 4.39 Å². The maximum atomic E-state index is 13.5. The fourth-order valence-corrected chi connectivity index (χ4v) is 3.68. The zero-order chi connectivity index (χ0) is 17.9. The summed E-state index contributed by atoms with van der Waals surface area (Å²) < 4.78 is 19.8. The van der Waals surface area contributed by atoms with Crippen molar-refractivity contribution in [3.63, 3.8) is 0 Å². The summed E-state index contributed by atoms with van der Waals surface area (Å²) in [6.45, 7) is 1.43. The van der Waals surface area contributed by atoms with Crippen LogP contribution in [0.15, 0.2) is 54.6 Å². The Bertz CT molecular complexity index is 742. The molecule has 26 heavy (non-hydrogen) atoms. The Morgan fingerprint density at radius 1 is 1.04 bits per heavy atom. The number of halogens is 1. The summed E-state index contributed by atoms with van der Waals surface area (Å²) in [6, 6.07) is 16.4. The molecule has 1 saturated carbocycles. The standard InChI is InChI=1S/C22H24FNO2/c23-19-12-10-18(11-13-19)22(26-15-16-8-9-16)21(17-5-2-1-3-6-17)24-14-4-7-20(24)25/h1-3,5-6,10-13,16,21-22H,4,7-9,14-15H2. The lowest BCUT2D eigenvalue weighted by atomic mass is 9.94. The average Bonchev–Trinajstić information content (AvgIpc) is 3.41. The van der Waals surface area contributed by atoms with Crippen molar-refractivity contribution >= 4 is 5.91 Å². The van der Waals surface area contributed by atoms with Crippen molar-refractivity contribution in [1.82, 2.24) is 4.90 Å². The van der Waals surface area contributed by atoms with E-state index in [-0.39, 0.29) is 23.9 Å². The molecule has 2 aromatic carbocycles. The molecule has 0 radical (unpaired) electrons. The lowest BCUT2D eigenvalue weighted by Gasteiger charge is -2.35. The topological polar surface area (TPSA) is 29.5 Å². The molecule has 3 nitrogen and oxygen atoms in total. The molecule has 1 heterocycles. The van der Waals surface area contributed by atoms with Gasteiger partial charge in [0, 0.05) is 13.0 Å². The smallest absolute Gasteiger partial charge is 0.223 e. The van der Waals surface area contributed by atoms with Gasteiger partial charge in [0.05, 0.1) is 12.6 Å². The molecular weight excluding hydrogens is 329 g/mol. The molecule has 1 aliphatic heterocycles. The van der Waals surface area contributed by atoms with Crippen LogP contribution in [-0.4, -0.2) is 24.0 Å². The Balaban J connectivity index is 1.71. The van der Waals surface area contributed by atoms with Crippen molar-refractivity contribution in [2.45, 2.75) is 37.8 Å². The average molecular weight is 353 g/mol. The van der Waals surface area contributed by atoms with Gasteiger partial charge in [0.15, 0.2) is 0 Å². The van der Waals surface area contributed by atoms with E-state index in [1.54, 1.807) is 12.1 Å². The van der Waals surface area contributed by atoms with Crippen LogP contribution in [-0.2, 0) is 9.53 Å². The third-order valence-electron chi connectivity index (χ3n) is 5.28. The molecule has 1 amide bonds. The van der Waals surface area contributed by atoms with Crippen LogP contribution in [0.5, 0.6) is 0 Å². The third-order valence-corrected chi connectivity index (χ3v) is 5.28. The van der Waals surface area contributed by atoms with Gasteiger partial charge < -0.3 is 9.64 Å². The molecule has 0 aromatic heterocycles. The SMILES string of the molecule is O=C1CCCN1C(c1ccccc1)C(OCC1CC1)c1ccc(F)cc1. The second kappa shape index (κ2) is 7.58. The highest BCUT2D eigenvalue weighted by atomic mass is 19.1. The maximum Gasteiger partial charge on any atom is 0.223 e. The largest absolute Gasteiger partial charge is 0.371 e. The van der Waals surface area contributed by atoms with Gasteiger partial charge in [0.25, 0.3) is 0 Å². The minimum Gasteiger partial charge on any atom is -0.371 e. The number of hydrogen-bond donors (Lipinski definition) is 0. The van der Waals surface area contributed by atoms with Crippen LogP contribution < -0.4 is 0 Å². The van der Waals surface area contributed by atoms with E-state index in [0.717, 1.165) is 24.1 Å². The van der Waals surface area contributed by atoms with Gasteiger partial charge in [-0.15, -0.1) is 0 Å². The first-order valence-corrected chi connectivity index (χ1v) is 9.44. The molecule has 2 aromatic rings. The number of rotatable bonds is 7. The minimum absolute atomic E-state index is 0.168. The van der Waals surface area contributed by atoms with E-state index in [2.05, 4.69) is 0 Å². The fourth-order valence-electron chi connectivity index (χ4n) is 3.68. The predicted octanol–water partition coefficient (Wildman–Crippen LogP) is 4.66. The first-order chi connectivity index (χ1) is 12.7. The molecule has 4 rings (SSSR count). The molecule has 2 unspecified atom stereocenters. The third kappa shape index (κ3) is 3.80. The van der Waals surface area contributed by atoms with Crippen LogP contribution >= 0.6 is 0 Å². The number of hydrogen-bond acceptors (Lipinski definition) is 2. The van der Waals surface area contributed by atoms with Gasteiger partial charge in [-0.2, -0.15) is 0 Å². The van der Waals surface area contributed by atoms with E-state index < -0.39 is 0 Å². The zero-order valence-electron chi connectivity index (χ0n) is 14.8. The van der Waals surface area contributed by atoms with Crippen LogP contribution in [0.2, 0.25) is 0 Å². The molecular formula is C22H24FNO2. The molecule has 1 aliphatic carbocycles. The Hall–Kier alpha value is -2.20. The summed E-state index contributed by atoms with van der Waals surface area (Å²) in [7, 11) is 0. The van der Waals surface area contributed by atoms with E-state index in [9.17, 15) is 9.18 Å². The quantitative estimate of drug-likeness (QED) is 0.725. The minimum atomic E-state index is -0.291. The molecule has 0 N–H and O–H groups in total. The molecule has 2 atom stereocenters. The van der Waals surface area contributed by atoms with Crippen molar-refractivity contribution in [2.75, 3.05) is 13.2 Å². The Labute approximate surface area is 153 Å². The molecule has 4 heteroatoms. The lowest BCUT2D eigenvalue weighted by molar-refractivity contribution is -0.133. The summed E-state index contributed by atoms with van der Waals surface area (Å²) in [4.78, 5) is 14.5. The second-order valence-electron chi connectivity index (χ2n) is 7.30. The van der Waals surface area contributed by atoms with Gasteiger partial charge in [-0.1, -0.05) is 42.5 Å². The fraction of sp³-hybridized carbons (Fsp3) is 0.409. The normalized spacial score (nSPS) is 19.6. The van der Waals surface area contributed by atoms with Crippen molar-refractivity contribution < 1.29 is 13.9 Å². The van der Waals surface area contributed by atoms with Gasteiger partial charge in [0.1, 0.15) is 11.9 Å².